The Bertz CT molecular complexity index is 1460. The van der Waals surface area contributed by atoms with Crippen LogP contribution in [0.25, 0.3) is 11.5 Å². The number of benzene rings is 1. The van der Waals surface area contributed by atoms with E-state index < -0.39 is 18.1 Å². The van der Waals surface area contributed by atoms with Crippen LogP contribution in [0.2, 0.25) is 0 Å². The van der Waals surface area contributed by atoms with Crippen LogP contribution in [0.15, 0.2) is 59.4 Å². The van der Waals surface area contributed by atoms with Gasteiger partial charge in [0.1, 0.15) is 5.82 Å². The molecule has 214 valence electrons. The highest BCUT2D eigenvalue weighted by Crippen LogP contribution is 2.36. The number of piperazine rings is 1. The summed E-state index contributed by atoms with van der Waals surface area (Å²) in [4.78, 5) is 28.2. The topological polar surface area (TPSA) is 94.7 Å². The highest BCUT2D eigenvalue weighted by atomic mass is 19.3. The van der Waals surface area contributed by atoms with E-state index in [-0.39, 0.29) is 12.4 Å². The van der Waals surface area contributed by atoms with Gasteiger partial charge in [-0.1, -0.05) is 6.07 Å². The molecule has 0 bridgehead atoms. The van der Waals surface area contributed by atoms with E-state index in [1.54, 1.807) is 24.4 Å². The SMILES string of the molecule is CN(C)c1cc(N2CCN(Cc3cccnc3)CC2)c(F)cc1N(C=O)Cc1ccc(-c2nnc(C(F)F)o2)cn1. The molecular formula is C28H29F3N8O2. The van der Waals surface area contributed by atoms with Crippen LogP contribution in [0.5, 0.6) is 0 Å². The number of alkyl halides is 2. The van der Waals surface area contributed by atoms with Crippen LogP contribution in [0.3, 0.4) is 0 Å². The summed E-state index contributed by atoms with van der Waals surface area (Å²) in [6.45, 7) is 3.74. The number of hydrogen-bond acceptors (Lipinski definition) is 9. The van der Waals surface area contributed by atoms with E-state index in [0.29, 0.717) is 47.8 Å². The average Bonchev–Trinajstić information content (AvgIpc) is 3.48. The summed E-state index contributed by atoms with van der Waals surface area (Å²) in [6, 6.07) is 10.3. The first kappa shape index (κ1) is 28.0. The minimum absolute atomic E-state index is 0.0581. The van der Waals surface area contributed by atoms with Gasteiger partial charge in [0.15, 0.2) is 0 Å². The van der Waals surface area contributed by atoms with Crippen molar-refractivity contribution in [3.63, 3.8) is 0 Å². The zero-order valence-electron chi connectivity index (χ0n) is 22.6. The number of rotatable bonds is 10. The number of amides is 1. The molecule has 41 heavy (non-hydrogen) atoms. The van der Waals surface area contributed by atoms with Crippen LogP contribution in [-0.4, -0.2) is 71.7 Å². The fourth-order valence-electron chi connectivity index (χ4n) is 4.71. The van der Waals surface area contributed by atoms with Gasteiger partial charge in [0.2, 0.25) is 12.3 Å². The van der Waals surface area contributed by atoms with Gasteiger partial charge in [-0.2, -0.15) is 8.78 Å². The second-order valence-electron chi connectivity index (χ2n) is 9.83. The molecule has 0 aliphatic carbocycles. The largest absolute Gasteiger partial charge is 0.415 e. The van der Waals surface area contributed by atoms with Crippen molar-refractivity contribution in [2.24, 2.45) is 0 Å². The zero-order chi connectivity index (χ0) is 28.9. The number of pyridine rings is 2. The van der Waals surface area contributed by atoms with Gasteiger partial charge in [0.25, 0.3) is 5.89 Å². The van der Waals surface area contributed by atoms with E-state index in [9.17, 15) is 13.6 Å². The molecule has 0 atom stereocenters. The maximum Gasteiger partial charge on any atom is 0.314 e. The maximum atomic E-state index is 15.5. The number of aromatic nitrogens is 4. The summed E-state index contributed by atoms with van der Waals surface area (Å²) in [7, 11) is 3.67. The standard InChI is InChI=1S/C28H29F3N8O2/c1-36(2)24-13-23(38-10-8-37(9-11-38)16-19-4-3-7-32-14-19)22(29)12-25(24)39(18-40)17-21-6-5-20(15-33-21)27-34-35-28(41-27)26(30)31/h3-7,12-15,18,26H,8-11,16-17H2,1-2H3. The smallest absolute Gasteiger partial charge is 0.314 e. The van der Waals surface area contributed by atoms with E-state index in [0.717, 1.165) is 25.2 Å². The number of carbonyl (C=O) groups is 1. The molecule has 10 nitrogen and oxygen atoms in total. The monoisotopic (exact) mass is 566 g/mol. The first-order valence-electron chi connectivity index (χ1n) is 13.0. The lowest BCUT2D eigenvalue weighted by Crippen LogP contribution is -2.46. The fourth-order valence-corrected chi connectivity index (χ4v) is 4.71. The lowest BCUT2D eigenvalue weighted by Gasteiger charge is -2.37. The Kier molecular flexibility index (Phi) is 8.43. The van der Waals surface area contributed by atoms with Gasteiger partial charge < -0.3 is 19.1 Å². The molecule has 0 radical (unpaired) electrons. The molecule has 1 aliphatic rings. The quantitative estimate of drug-likeness (QED) is 0.262. The van der Waals surface area contributed by atoms with Gasteiger partial charge in [0.05, 0.1) is 34.9 Å². The highest BCUT2D eigenvalue weighted by Gasteiger charge is 2.24. The third-order valence-corrected chi connectivity index (χ3v) is 6.84. The number of anilines is 3. The van der Waals surface area contributed by atoms with E-state index in [2.05, 4.69) is 25.1 Å². The van der Waals surface area contributed by atoms with Gasteiger partial charge in [-0.05, 0) is 29.8 Å². The maximum absolute atomic E-state index is 15.5. The van der Waals surface area contributed by atoms with Crippen LogP contribution in [0.1, 0.15) is 23.6 Å². The molecule has 0 saturated carbocycles. The number of hydrogen-bond donors (Lipinski definition) is 0. The first-order valence-corrected chi connectivity index (χ1v) is 13.0. The van der Waals surface area contributed by atoms with Crippen molar-refractivity contribution in [1.29, 1.82) is 0 Å². The third kappa shape index (κ3) is 6.46. The molecule has 1 saturated heterocycles. The van der Waals surface area contributed by atoms with E-state index >= 15 is 4.39 Å². The van der Waals surface area contributed by atoms with Gasteiger partial charge in [-0.3, -0.25) is 19.7 Å². The van der Waals surface area contributed by atoms with Crippen LogP contribution in [0, 0.1) is 5.82 Å². The van der Waals surface area contributed by atoms with Gasteiger partial charge in [-0.15, -0.1) is 10.2 Å². The number of nitrogens with zero attached hydrogens (tertiary/aromatic N) is 8. The lowest BCUT2D eigenvalue weighted by atomic mass is 10.1. The number of halogens is 3. The Morgan fingerprint density at radius 3 is 2.46 bits per heavy atom. The Morgan fingerprint density at radius 2 is 1.85 bits per heavy atom. The molecule has 3 aromatic heterocycles. The summed E-state index contributed by atoms with van der Waals surface area (Å²) < 4.78 is 46.0. The molecule has 4 heterocycles. The van der Waals surface area contributed by atoms with E-state index in [1.165, 1.54) is 17.2 Å². The van der Waals surface area contributed by atoms with Crippen LogP contribution < -0.4 is 14.7 Å². The second kappa shape index (κ2) is 12.3. The van der Waals surface area contributed by atoms with E-state index in [4.69, 9.17) is 4.42 Å². The molecule has 1 aromatic carbocycles. The minimum Gasteiger partial charge on any atom is -0.415 e. The fraction of sp³-hybridized carbons (Fsp3) is 0.321. The van der Waals surface area contributed by atoms with Crippen LogP contribution in [0.4, 0.5) is 30.2 Å². The normalized spacial score (nSPS) is 14.0. The van der Waals surface area contributed by atoms with Crippen LogP contribution in [-0.2, 0) is 17.9 Å². The average molecular weight is 567 g/mol. The summed E-state index contributed by atoms with van der Waals surface area (Å²) in [6.07, 6.45) is 2.76. The van der Waals surface area contributed by atoms with Crippen molar-refractivity contribution >= 4 is 23.5 Å². The predicted molar refractivity (Wildman–Crippen MR) is 147 cm³/mol. The molecule has 4 aromatic rings. The summed E-state index contributed by atoms with van der Waals surface area (Å²) in [5.41, 5.74) is 3.54. The van der Waals surface area contributed by atoms with Crippen molar-refractivity contribution < 1.29 is 22.4 Å². The zero-order valence-corrected chi connectivity index (χ0v) is 22.6. The van der Waals surface area contributed by atoms with E-state index in [1.807, 2.05) is 42.2 Å². The Balaban J connectivity index is 1.30. The predicted octanol–water partition coefficient (Wildman–Crippen LogP) is 4.15. The van der Waals surface area contributed by atoms with Crippen molar-refractivity contribution in [2.45, 2.75) is 19.5 Å². The van der Waals surface area contributed by atoms with Crippen LogP contribution >= 0.6 is 0 Å². The third-order valence-electron chi connectivity index (χ3n) is 6.84. The highest BCUT2D eigenvalue weighted by molar-refractivity contribution is 5.86. The van der Waals surface area contributed by atoms with Crippen molar-refractivity contribution in [1.82, 2.24) is 25.1 Å². The van der Waals surface area contributed by atoms with Gasteiger partial charge in [-0.25, -0.2) is 4.39 Å². The second-order valence-corrected chi connectivity index (χ2v) is 9.83. The molecule has 13 heteroatoms. The molecule has 0 unspecified atom stereocenters. The van der Waals surface area contributed by atoms with Crippen molar-refractivity contribution in [3.05, 3.63) is 78.0 Å². The van der Waals surface area contributed by atoms with Gasteiger partial charge >= 0.3 is 6.43 Å². The molecular weight excluding hydrogens is 537 g/mol. The molecule has 5 rings (SSSR count). The summed E-state index contributed by atoms with van der Waals surface area (Å²) in [5, 5.41) is 6.93. The Hall–Kier alpha value is -4.52. The molecule has 0 N–H and O–H groups in total. The summed E-state index contributed by atoms with van der Waals surface area (Å²) >= 11 is 0. The number of carbonyl (C=O) groups excluding carboxylic acids is 1. The van der Waals surface area contributed by atoms with Crippen molar-refractivity contribution in [2.75, 3.05) is 55.0 Å². The van der Waals surface area contributed by atoms with Crippen molar-refractivity contribution in [3.8, 4) is 11.5 Å². The summed E-state index contributed by atoms with van der Waals surface area (Å²) in [5.74, 6) is -1.28. The Labute approximate surface area is 235 Å². The van der Waals surface area contributed by atoms with Gasteiger partial charge in [0, 0.05) is 71.5 Å². The minimum atomic E-state index is -2.87. The molecule has 1 aliphatic heterocycles. The Morgan fingerprint density at radius 1 is 1.05 bits per heavy atom. The molecule has 1 fully saturated rings. The first-order chi connectivity index (χ1) is 19.8. The molecule has 0 spiro atoms. The molecule has 1 amide bonds. The lowest BCUT2D eigenvalue weighted by molar-refractivity contribution is -0.107.